The number of carboxylic acids is 1. The molecular weight excluding hydrogens is 254 g/mol. The zero-order valence-corrected chi connectivity index (χ0v) is 7.82. The highest BCUT2D eigenvalue weighted by molar-refractivity contribution is 5.88. The van der Waals surface area contributed by atoms with E-state index in [1.165, 1.54) is 0 Å². The number of hydrogen-bond donors (Lipinski definition) is 0. The van der Waals surface area contributed by atoms with Gasteiger partial charge in [-0.1, -0.05) is 6.07 Å². The second kappa shape index (κ2) is 3.94. The lowest BCUT2D eigenvalue weighted by Gasteiger charge is -2.16. The van der Waals surface area contributed by atoms with E-state index in [2.05, 4.69) is 0 Å². The summed E-state index contributed by atoms with van der Waals surface area (Å²) < 4.78 is 73.4. The lowest BCUT2D eigenvalue weighted by Crippen LogP contribution is -2.26. The molecule has 2 nitrogen and oxygen atoms in total. The number of carbonyl (C=O) groups excluding carboxylic acids is 1. The highest BCUT2D eigenvalue weighted by atomic mass is 19.4. The molecule has 0 bridgehead atoms. The first-order valence-corrected chi connectivity index (χ1v) is 4.03. The molecule has 0 spiro atoms. The van der Waals surface area contributed by atoms with Crippen LogP contribution in [-0.4, -0.2) is 5.97 Å². The minimum absolute atomic E-state index is 0.223. The molecule has 0 unspecified atom stereocenters. The smallest absolute Gasteiger partial charge is 0.417 e. The Hall–Kier alpha value is -1.73. The number of carbonyl (C=O) groups is 1. The maximum atomic E-state index is 12.3. The van der Waals surface area contributed by atoms with Gasteiger partial charge in [-0.05, 0) is 12.1 Å². The van der Waals surface area contributed by atoms with Crippen LogP contribution in [0.2, 0.25) is 0 Å². The summed E-state index contributed by atoms with van der Waals surface area (Å²) in [4.78, 5) is 10.3. The number of aromatic carboxylic acids is 1. The molecule has 1 aromatic carbocycles. The molecule has 8 heteroatoms. The van der Waals surface area contributed by atoms with E-state index in [4.69, 9.17) is 0 Å². The van der Waals surface area contributed by atoms with Gasteiger partial charge in [0.2, 0.25) is 0 Å². The molecule has 17 heavy (non-hydrogen) atoms. The number of hydrogen-bond acceptors (Lipinski definition) is 2. The van der Waals surface area contributed by atoms with Gasteiger partial charge in [-0.25, -0.2) is 0 Å². The van der Waals surface area contributed by atoms with E-state index < -0.39 is 35.0 Å². The molecule has 0 aliphatic heterocycles. The van der Waals surface area contributed by atoms with Crippen LogP contribution in [0.3, 0.4) is 0 Å². The number of carboxylic acid groups (broad SMARTS) is 1. The van der Waals surface area contributed by atoms with Crippen molar-refractivity contribution in [1.29, 1.82) is 0 Å². The minimum Gasteiger partial charge on any atom is -0.545 e. The van der Waals surface area contributed by atoms with Crippen molar-refractivity contribution in [3.8, 4) is 0 Å². The summed E-state index contributed by atoms with van der Waals surface area (Å²) in [5, 5.41) is 10.3. The van der Waals surface area contributed by atoms with Crippen LogP contribution in [0.4, 0.5) is 26.3 Å². The van der Waals surface area contributed by atoms with Gasteiger partial charge in [-0.15, -0.1) is 0 Å². The Balaban J connectivity index is 3.46. The lowest BCUT2D eigenvalue weighted by atomic mass is 10.0. The van der Waals surface area contributed by atoms with E-state index in [0.717, 1.165) is 0 Å². The monoisotopic (exact) mass is 257 g/mol. The van der Waals surface area contributed by atoms with E-state index >= 15 is 0 Å². The predicted octanol–water partition coefficient (Wildman–Crippen LogP) is 2.09. The molecule has 0 fully saturated rings. The molecule has 0 amide bonds. The van der Waals surface area contributed by atoms with Crippen molar-refractivity contribution in [2.75, 3.05) is 0 Å². The maximum absolute atomic E-state index is 12.3. The average molecular weight is 257 g/mol. The van der Waals surface area contributed by atoms with E-state index in [1.807, 2.05) is 0 Å². The SMILES string of the molecule is O=C([O-])c1ccc(C(F)(F)F)cc1C(F)(F)F. The van der Waals surface area contributed by atoms with Crippen molar-refractivity contribution in [1.82, 2.24) is 0 Å². The Bertz CT molecular complexity index is 446. The Labute approximate surface area is 90.5 Å². The molecule has 1 aromatic rings. The van der Waals surface area contributed by atoms with Crippen LogP contribution < -0.4 is 5.11 Å². The quantitative estimate of drug-likeness (QED) is 0.722. The Kier molecular flexibility index (Phi) is 3.09. The Morgan fingerprint density at radius 1 is 1.00 bits per heavy atom. The molecule has 0 aliphatic rings. The summed E-state index contributed by atoms with van der Waals surface area (Å²) in [5.74, 6) is -2.19. The van der Waals surface area contributed by atoms with Gasteiger partial charge in [0.1, 0.15) is 0 Å². The Morgan fingerprint density at radius 2 is 1.53 bits per heavy atom. The third kappa shape index (κ3) is 2.89. The van der Waals surface area contributed by atoms with Gasteiger partial charge in [0, 0.05) is 5.56 Å². The van der Waals surface area contributed by atoms with Crippen LogP contribution in [0.15, 0.2) is 18.2 Å². The van der Waals surface area contributed by atoms with E-state index in [9.17, 15) is 36.2 Å². The van der Waals surface area contributed by atoms with Gasteiger partial charge in [-0.2, -0.15) is 26.3 Å². The first kappa shape index (κ1) is 13.3. The minimum atomic E-state index is -5.20. The average Bonchev–Trinajstić information content (AvgIpc) is 2.14. The first-order valence-electron chi connectivity index (χ1n) is 4.03. The summed E-state index contributed by atoms with van der Waals surface area (Å²) in [6.07, 6.45) is -10.2. The fraction of sp³-hybridized carbons (Fsp3) is 0.222. The molecule has 94 valence electrons. The van der Waals surface area contributed by atoms with Crippen molar-refractivity contribution < 1.29 is 36.2 Å². The molecular formula is C9H3F6O2-. The zero-order chi connectivity index (χ0) is 13.4. The molecule has 0 atom stereocenters. The van der Waals surface area contributed by atoms with Crippen molar-refractivity contribution >= 4 is 5.97 Å². The van der Waals surface area contributed by atoms with Crippen LogP contribution in [0.1, 0.15) is 21.5 Å². The number of alkyl halides is 6. The second-order valence-corrected chi connectivity index (χ2v) is 3.04. The van der Waals surface area contributed by atoms with Crippen LogP contribution in [-0.2, 0) is 12.4 Å². The van der Waals surface area contributed by atoms with Gasteiger partial charge >= 0.3 is 12.4 Å². The highest BCUT2D eigenvalue weighted by Crippen LogP contribution is 2.37. The van der Waals surface area contributed by atoms with E-state index in [1.54, 1.807) is 0 Å². The number of halogens is 6. The van der Waals surface area contributed by atoms with Gasteiger partial charge in [0.25, 0.3) is 0 Å². The van der Waals surface area contributed by atoms with Crippen LogP contribution in [0.5, 0.6) is 0 Å². The molecule has 0 aromatic heterocycles. The number of rotatable bonds is 1. The molecule has 0 aliphatic carbocycles. The van der Waals surface area contributed by atoms with E-state index in [0.29, 0.717) is 0 Å². The molecule has 1 rings (SSSR count). The Morgan fingerprint density at radius 3 is 1.88 bits per heavy atom. The third-order valence-electron chi connectivity index (χ3n) is 1.87. The molecule has 0 radical (unpaired) electrons. The second-order valence-electron chi connectivity index (χ2n) is 3.04. The zero-order valence-electron chi connectivity index (χ0n) is 7.82. The summed E-state index contributed by atoms with van der Waals surface area (Å²) in [6.45, 7) is 0. The molecule has 0 heterocycles. The topological polar surface area (TPSA) is 40.1 Å². The summed E-state index contributed by atoms with van der Waals surface area (Å²) in [5.41, 5.74) is -4.78. The fourth-order valence-corrected chi connectivity index (χ4v) is 1.13. The van der Waals surface area contributed by atoms with Crippen LogP contribution in [0, 0.1) is 0 Å². The van der Waals surface area contributed by atoms with Gasteiger partial charge in [-0.3, -0.25) is 0 Å². The third-order valence-corrected chi connectivity index (χ3v) is 1.87. The first-order chi connectivity index (χ1) is 7.53. The highest BCUT2D eigenvalue weighted by Gasteiger charge is 2.38. The van der Waals surface area contributed by atoms with Crippen molar-refractivity contribution in [3.63, 3.8) is 0 Å². The molecule has 0 N–H and O–H groups in total. The lowest BCUT2D eigenvalue weighted by molar-refractivity contribution is -0.255. The molecule has 0 saturated heterocycles. The van der Waals surface area contributed by atoms with Crippen LogP contribution in [0.25, 0.3) is 0 Å². The largest absolute Gasteiger partial charge is 0.545 e. The van der Waals surface area contributed by atoms with Crippen molar-refractivity contribution in [2.45, 2.75) is 12.4 Å². The van der Waals surface area contributed by atoms with Gasteiger partial charge in [0.05, 0.1) is 17.1 Å². The van der Waals surface area contributed by atoms with Crippen molar-refractivity contribution in [3.05, 3.63) is 34.9 Å². The summed E-state index contributed by atoms with van der Waals surface area (Å²) >= 11 is 0. The predicted molar refractivity (Wildman–Crippen MR) is 40.8 cm³/mol. The standard InChI is InChI=1S/C9H4F6O2/c10-8(11,12)4-1-2-5(7(16)17)6(3-4)9(13,14)15/h1-3H,(H,16,17)/p-1. The normalized spacial score (nSPS) is 12.6. The van der Waals surface area contributed by atoms with E-state index in [-0.39, 0.29) is 18.2 Å². The molecule has 0 saturated carbocycles. The fourth-order valence-electron chi connectivity index (χ4n) is 1.13. The van der Waals surface area contributed by atoms with Gasteiger partial charge in [0.15, 0.2) is 0 Å². The summed E-state index contributed by atoms with van der Waals surface area (Å²) in [7, 11) is 0. The van der Waals surface area contributed by atoms with Crippen molar-refractivity contribution in [2.24, 2.45) is 0 Å². The summed E-state index contributed by atoms with van der Waals surface area (Å²) in [6, 6.07) is 0.215. The van der Waals surface area contributed by atoms with Crippen LogP contribution >= 0.6 is 0 Å². The van der Waals surface area contributed by atoms with Gasteiger partial charge < -0.3 is 9.90 Å². The maximum Gasteiger partial charge on any atom is 0.417 e. The number of benzene rings is 1.